The summed E-state index contributed by atoms with van der Waals surface area (Å²) >= 11 is 0. The number of esters is 3. The van der Waals surface area contributed by atoms with Crippen LogP contribution >= 0.6 is 0 Å². The molecule has 0 saturated carbocycles. The van der Waals surface area contributed by atoms with E-state index in [-0.39, 0.29) is 35.8 Å². The van der Waals surface area contributed by atoms with E-state index in [1.165, 1.54) is 6.92 Å². The molecule has 1 N–H and O–H groups in total. The lowest BCUT2D eigenvalue weighted by Gasteiger charge is -2.21. The SMILES string of the molecule is CCCN(CC)CCOC(=O)c1cccc(CCN(CC)CCOC(=O)c2ccccc2OC(C)=O)c1O. The van der Waals surface area contributed by atoms with Gasteiger partial charge in [0.05, 0.1) is 0 Å². The number of nitrogens with zero attached hydrogens (tertiary/aromatic N) is 2. The van der Waals surface area contributed by atoms with Gasteiger partial charge in [0.25, 0.3) is 0 Å². The van der Waals surface area contributed by atoms with E-state index in [0.717, 1.165) is 19.5 Å². The monoisotopic (exact) mass is 528 g/mol. The van der Waals surface area contributed by atoms with Crippen molar-refractivity contribution in [1.82, 2.24) is 9.80 Å². The molecule has 9 heteroatoms. The number of phenolic OH excluding ortho intramolecular Hbond substituents is 1. The minimum absolute atomic E-state index is 0.0667. The number of carbonyl (C=O) groups excluding carboxylic acids is 3. The summed E-state index contributed by atoms with van der Waals surface area (Å²) in [4.78, 5) is 40.6. The Labute approximate surface area is 225 Å². The summed E-state index contributed by atoms with van der Waals surface area (Å²) in [7, 11) is 0. The van der Waals surface area contributed by atoms with E-state index in [1.807, 2.05) is 6.92 Å². The number of hydrogen-bond donors (Lipinski definition) is 1. The summed E-state index contributed by atoms with van der Waals surface area (Å²) < 4.78 is 15.9. The molecule has 38 heavy (non-hydrogen) atoms. The number of rotatable bonds is 16. The first-order chi connectivity index (χ1) is 18.3. The Hall–Kier alpha value is -3.43. The molecule has 9 nitrogen and oxygen atoms in total. The van der Waals surface area contributed by atoms with Crippen LogP contribution in [0.2, 0.25) is 0 Å². The molecular weight excluding hydrogens is 488 g/mol. The van der Waals surface area contributed by atoms with E-state index in [1.54, 1.807) is 42.5 Å². The number of benzene rings is 2. The van der Waals surface area contributed by atoms with Crippen molar-refractivity contribution >= 4 is 17.9 Å². The lowest BCUT2D eigenvalue weighted by Crippen LogP contribution is -2.30. The van der Waals surface area contributed by atoms with Crippen molar-refractivity contribution in [2.24, 2.45) is 0 Å². The first-order valence-corrected chi connectivity index (χ1v) is 13.2. The van der Waals surface area contributed by atoms with E-state index in [0.29, 0.717) is 38.2 Å². The van der Waals surface area contributed by atoms with Gasteiger partial charge in [-0.05, 0) is 56.2 Å². The zero-order valence-corrected chi connectivity index (χ0v) is 22.9. The summed E-state index contributed by atoms with van der Waals surface area (Å²) in [6.07, 6.45) is 1.54. The molecule has 208 valence electrons. The summed E-state index contributed by atoms with van der Waals surface area (Å²) in [5, 5.41) is 10.7. The van der Waals surface area contributed by atoms with Crippen LogP contribution in [0.25, 0.3) is 0 Å². The molecule has 0 spiro atoms. The normalized spacial score (nSPS) is 11.0. The summed E-state index contributed by atoms with van der Waals surface area (Å²) in [5.74, 6) is -1.53. The van der Waals surface area contributed by atoms with Gasteiger partial charge in [-0.2, -0.15) is 0 Å². The van der Waals surface area contributed by atoms with Crippen molar-refractivity contribution < 1.29 is 33.7 Å². The van der Waals surface area contributed by atoms with Crippen LogP contribution in [0.15, 0.2) is 42.5 Å². The fourth-order valence-electron chi connectivity index (χ4n) is 3.98. The molecule has 0 aromatic heterocycles. The molecule has 0 heterocycles. The topological polar surface area (TPSA) is 106 Å². The van der Waals surface area contributed by atoms with Crippen LogP contribution < -0.4 is 4.74 Å². The van der Waals surface area contributed by atoms with E-state index in [9.17, 15) is 19.5 Å². The van der Waals surface area contributed by atoms with Crippen LogP contribution in [0, 0.1) is 0 Å². The average molecular weight is 529 g/mol. The first kappa shape index (κ1) is 30.8. The van der Waals surface area contributed by atoms with Crippen LogP contribution in [-0.2, 0) is 20.7 Å². The molecule has 0 bridgehead atoms. The number of para-hydroxylation sites is 2. The molecule has 2 aromatic carbocycles. The van der Waals surface area contributed by atoms with Crippen molar-refractivity contribution in [3.05, 3.63) is 59.2 Å². The van der Waals surface area contributed by atoms with Crippen molar-refractivity contribution in [3.8, 4) is 11.5 Å². The number of phenols is 1. The molecule has 0 aliphatic rings. The predicted molar refractivity (Wildman–Crippen MR) is 145 cm³/mol. The Bertz CT molecular complexity index is 1060. The highest BCUT2D eigenvalue weighted by molar-refractivity contribution is 5.93. The largest absolute Gasteiger partial charge is 0.507 e. The van der Waals surface area contributed by atoms with Crippen molar-refractivity contribution in [1.29, 1.82) is 0 Å². The van der Waals surface area contributed by atoms with Gasteiger partial charge < -0.3 is 24.2 Å². The second-order valence-electron chi connectivity index (χ2n) is 8.79. The van der Waals surface area contributed by atoms with Crippen LogP contribution in [0.1, 0.15) is 60.4 Å². The van der Waals surface area contributed by atoms with Crippen molar-refractivity contribution in [2.75, 3.05) is 52.5 Å². The summed E-state index contributed by atoms with van der Waals surface area (Å²) in [5.41, 5.74) is 0.989. The molecule has 0 aliphatic carbocycles. The Morgan fingerprint density at radius 2 is 1.34 bits per heavy atom. The number of hydrogen-bond acceptors (Lipinski definition) is 9. The molecule has 0 aliphatic heterocycles. The molecule has 0 saturated heterocycles. The van der Waals surface area contributed by atoms with E-state index in [4.69, 9.17) is 14.2 Å². The quantitative estimate of drug-likeness (QED) is 0.256. The van der Waals surface area contributed by atoms with E-state index >= 15 is 0 Å². The molecule has 0 amide bonds. The van der Waals surface area contributed by atoms with Gasteiger partial charge in [-0.3, -0.25) is 9.69 Å². The number of carbonyl (C=O) groups is 3. The maximum Gasteiger partial charge on any atom is 0.341 e. The first-order valence-electron chi connectivity index (χ1n) is 13.2. The van der Waals surface area contributed by atoms with Gasteiger partial charge >= 0.3 is 17.9 Å². The third kappa shape index (κ3) is 9.79. The Morgan fingerprint density at radius 1 is 0.763 bits per heavy atom. The highest BCUT2D eigenvalue weighted by atomic mass is 16.5. The number of likely N-dealkylation sites (N-methyl/N-ethyl adjacent to an activating group) is 2. The van der Waals surface area contributed by atoms with Gasteiger partial charge in [0, 0.05) is 26.6 Å². The van der Waals surface area contributed by atoms with E-state index in [2.05, 4.69) is 23.6 Å². The molecule has 0 atom stereocenters. The fraction of sp³-hybridized carbons (Fsp3) is 0.483. The van der Waals surface area contributed by atoms with Crippen LogP contribution in [0.3, 0.4) is 0 Å². The highest BCUT2D eigenvalue weighted by Gasteiger charge is 2.18. The van der Waals surface area contributed by atoms with Crippen LogP contribution in [0.4, 0.5) is 0 Å². The summed E-state index contributed by atoms with van der Waals surface area (Å²) in [6, 6.07) is 11.5. The second kappa shape index (κ2) is 16.4. The summed E-state index contributed by atoms with van der Waals surface area (Å²) in [6.45, 7) is 12.1. The fourth-order valence-corrected chi connectivity index (χ4v) is 3.98. The highest BCUT2D eigenvalue weighted by Crippen LogP contribution is 2.24. The minimum Gasteiger partial charge on any atom is -0.507 e. The van der Waals surface area contributed by atoms with Crippen LogP contribution in [0.5, 0.6) is 11.5 Å². The molecule has 0 unspecified atom stereocenters. The Balaban J connectivity index is 1.87. The van der Waals surface area contributed by atoms with Gasteiger partial charge in [-0.25, -0.2) is 9.59 Å². The zero-order valence-electron chi connectivity index (χ0n) is 22.9. The Kier molecular flexibility index (Phi) is 13.3. The molecule has 0 radical (unpaired) electrons. The van der Waals surface area contributed by atoms with Gasteiger partial charge in [-0.15, -0.1) is 0 Å². The van der Waals surface area contributed by atoms with Gasteiger partial charge in [0.2, 0.25) is 0 Å². The standard InChI is InChI=1S/C29H40N2O7/c1-5-16-30(6-2)18-20-37-29(35)25-13-10-11-23(27(25)33)15-17-31(7-3)19-21-36-28(34)24-12-8-9-14-26(24)38-22(4)32/h8-14,33H,5-7,15-21H2,1-4H3. The average Bonchev–Trinajstić information content (AvgIpc) is 2.90. The van der Waals surface area contributed by atoms with Crippen molar-refractivity contribution in [3.63, 3.8) is 0 Å². The third-order valence-corrected chi connectivity index (χ3v) is 6.11. The lowest BCUT2D eigenvalue weighted by molar-refractivity contribution is -0.131. The Morgan fingerprint density at radius 3 is 1.95 bits per heavy atom. The van der Waals surface area contributed by atoms with Crippen LogP contribution in [-0.4, -0.2) is 85.3 Å². The van der Waals surface area contributed by atoms with Crippen molar-refractivity contribution in [2.45, 2.75) is 40.5 Å². The van der Waals surface area contributed by atoms with E-state index < -0.39 is 17.9 Å². The predicted octanol–water partition coefficient (Wildman–Crippen LogP) is 3.93. The minimum atomic E-state index is -0.571. The molecule has 2 rings (SSSR count). The molecular formula is C29H40N2O7. The van der Waals surface area contributed by atoms with Gasteiger partial charge in [0.15, 0.2) is 0 Å². The lowest BCUT2D eigenvalue weighted by atomic mass is 10.1. The maximum atomic E-state index is 12.6. The third-order valence-electron chi connectivity index (χ3n) is 6.11. The number of aromatic hydroxyl groups is 1. The molecule has 2 aromatic rings. The second-order valence-corrected chi connectivity index (χ2v) is 8.79. The molecule has 0 fully saturated rings. The smallest absolute Gasteiger partial charge is 0.341 e. The van der Waals surface area contributed by atoms with Gasteiger partial charge in [-0.1, -0.05) is 45.0 Å². The number of ether oxygens (including phenoxy) is 3. The maximum absolute atomic E-state index is 12.6. The zero-order chi connectivity index (χ0) is 27.9. The van der Waals surface area contributed by atoms with Gasteiger partial charge in [0.1, 0.15) is 35.8 Å².